The Balaban J connectivity index is 2.29. The highest BCUT2D eigenvalue weighted by molar-refractivity contribution is 6.31. The second-order valence-corrected chi connectivity index (χ2v) is 8.21. The average molecular weight is 405 g/mol. The van der Waals surface area contributed by atoms with Crippen LogP contribution in [0.15, 0.2) is 48.5 Å². The molecule has 1 unspecified atom stereocenters. The zero-order valence-corrected chi connectivity index (χ0v) is 17.4. The number of rotatable bonds is 6. The van der Waals surface area contributed by atoms with E-state index in [0.717, 1.165) is 5.56 Å². The Morgan fingerprint density at radius 1 is 1.11 bits per heavy atom. The van der Waals surface area contributed by atoms with Gasteiger partial charge in [-0.2, -0.15) is 0 Å². The van der Waals surface area contributed by atoms with Gasteiger partial charge in [0.1, 0.15) is 11.9 Å². The minimum Gasteiger partial charge on any atom is -0.350 e. The molecule has 2 aromatic carbocycles. The van der Waals surface area contributed by atoms with E-state index in [4.69, 9.17) is 11.6 Å². The summed E-state index contributed by atoms with van der Waals surface area (Å²) in [6, 6.07) is 13.0. The molecular formula is C22H26ClFN2O2. The molecule has 0 radical (unpaired) electrons. The van der Waals surface area contributed by atoms with Crippen LogP contribution in [0.1, 0.15) is 38.8 Å². The number of carbonyl (C=O) groups excluding carboxylic acids is 2. The topological polar surface area (TPSA) is 49.4 Å². The lowest BCUT2D eigenvalue weighted by Crippen LogP contribution is -2.52. The van der Waals surface area contributed by atoms with Crippen molar-refractivity contribution < 1.29 is 14.0 Å². The molecule has 1 N–H and O–H groups in total. The van der Waals surface area contributed by atoms with Crippen molar-refractivity contribution in [3.8, 4) is 0 Å². The summed E-state index contributed by atoms with van der Waals surface area (Å²) in [4.78, 5) is 27.2. The first-order valence-corrected chi connectivity index (χ1v) is 9.54. The van der Waals surface area contributed by atoms with E-state index in [0.29, 0.717) is 0 Å². The van der Waals surface area contributed by atoms with Crippen LogP contribution in [-0.4, -0.2) is 28.3 Å². The van der Waals surface area contributed by atoms with Crippen molar-refractivity contribution in [3.63, 3.8) is 0 Å². The van der Waals surface area contributed by atoms with E-state index >= 15 is 0 Å². The van der Waals surface area contributed by atoms with Gasteiger partial charge in [0.2, 0.25) is 11.8 Å². The van der Waals surface area contributed by atoms with Gasteiger partial charge >= 0.3 is 0 Å². The van der Waals surface area contributed by atoms with E-state index in [1.807, 2.05) is 51.1 Å². The summed E-state index contributed by atoms with van der Waals surface area (Å²) in [7, 11) is 0. The minimum atomic E-state index is -0.725. The minimum absolute atomic E-state index is 0.135. The van der Waals surface area contributed by atoms with Gasteiger partial charge in [0.05, 0.1) is 6.42 Å². The summed E-state index contributed by atoms with van der Waals surface area (Å²) in [5, 5.41) is 3.09. The standard InChI is InChI=1S/C22H26ClFN2O2/c1-15(21(28)25-22(2,3)4)26(14-16-9-6-5-7-10-16)20(27)13-17-18(23)11-8-12-19(17)24/h5-12,15H,13-14H2,1-4H3,(H,25,28). The number of nitrogens with zero attached hydrogens (tertiary/aromatic N) is 1. The van der Waals surface area contributed by atoms with Crippen molar-refractivity contribution in [1.29, 1.82) is 0 Å². The number of carbonyl (C=O) groups is 2. The van der Waals surface area contributed by atoms with Gasteiger partial charge in [-0.1, -0.05) is 48.0 Å². The third-order valence-corrected chi connectivity index (χ3v) is 4.61. The Hall–Kier alpha value is -2.40. The molecule has 0 heterocycles. The Morgan fingerprint density at radius 3 is 2.32 bits per heavy atom. The number of halogens is 2. The molecule has 0 saturated carbocycles. The quantitative estimate of drug-likeness (QED) is 0.777. The van der Waals surface area contributed by atoms with E-state index in [1.54, 1.807) is 13.0 Å². The predicted octanol–water partition coefficient (Wildman–Crippen LogP) is 4.35. The van der Waals surface area contributed by atoms with E-state index in [9.17, 15) is 14.0 Å². The molecule has 0 aromatic heterocycles. The molecule has 6 heteroatoms. The first-order valence-electron chi connectivity index (χ1n) is 9.17. The molecule has 0 aliphatic heterocycles. The molecule has 0 aliphatic rings. The smallest absolute Gasteiger partial charge is 0.242 e. The molecule has 0 aliphatic carbocycles. The molecule has 2 rings (SSSR count). The monoisotopic (exact) mass is 404 g/mol. The molecule has 0 fully saturated rings. The molecule has 0 saturated heterocycles. The first kappa shape index (κ1) is 21.9. The van der Waals surface area contributed by atoms with Gasteiger partial charge in [-0.15, -0.1) is 0 Å². The molecular weight excluding hydrogens is 379 g/mol. The summed E-state index contributed by atoms with van der Waals surface area (Å²) in [5.74, 6) is -1.17. The summed E-state index contributed by atoms with van der Waals surface area (Å²) in [5.41, 5.74) is 0.586. The lowest BCUT2D eigenvalue weighted by atomic mass is 10.1. The zero-order chi connectivity index (χ0) is 20.9. The van der Waals surface area contributed by atoms with Crippen molar-refractivity contribution in [3.05, 3.63) is 70.5 Å². The van der Waals surface area contributed by atoms with Gasteiger partial charge in [-0.05, 0) is 45.4 Å². The van der Waals surface area contributed by atoms with Crippen LogP contribution < -0.4 is 5.32 Å². The number of nitrogens with one attached hydrogen (secondary N) is 1. The van der Waals surface area contributed by atoms with Crippen LogP contribution in [0.3, 0.4) is 0 Å². The molecule has 2 aromatic rings. The average Bonchev–Trinajstić information content (AvgIpc) is 2.61. The Labute approximate surface area is 170 Å². The molecule has 1 atom stereocenters. The summed E-state index contributed by atoms with van der Waals surface area (Å²) >= 11 is 6.08. The molecule has 150 valence electrons. The van der Waals surface area contributed by atoms with Gasteiger partial charge in [0.15, 0.2) is 0 Å². The van der Waals surface area contributed by atoms with Crippen LogP contribution >= 0.6 is 11.6 Å². The molecule has 2 amide bonds. The second kappa shape index (κ2) is 9.20. The van der Waals surface area contributed by atoms with Gasteiger partial charge in [0.25, 0.3) is 0 Å². The van der Waals surface area contributed by atoms with Crippen molar-refractivity contribution in [2.45, 2.75) is 52.2 Å². The lowest BCUT2D eigenvalue weighted by Gasteiger charge is -2.31. The van der Waals surface area contributed by atoms with Crippen LogP contribution in [-0.2, 0) is 22.6 Å². The zero-order valence-electron chi connectivity index (χ0n) is 16.6. The van der Waals surface area contributed by atoms with Gasteiger partial charge in [0, 0.05) is 22.7 Å². The summed E-state index contributed by atoms with van der Waals surface area (Å²) < 4.78 is 14.1. The highest BCUT2D eigenvalue weighted by Crippen LogP contribution is 2.21. The van der Waals surface area contributed by atoms with Crippen LogP contribution in [0.2, 0.25) is 5.02 Å². The van der Waals surface area contributed by atoms with Crippen molar-refractivity contribution in [1.82, 2.24) is 10.2 Å². The van der Waals surface area contributed by atoms with E-state index < -0.39 is 17.4 Å². The second-order valence-electron chi connectivity index (χ2n) is 7.80. The summed E-state index contributed by atoms with van der Waals surface area (Å²) in [6.07, 6.45) is -0.217. The Morgan fingerprint density at radius 2 is 1.75 bits per heavy atom. The first-order chi connectivity index (χ1) is 13.1. The Bertz CT molecular complexity index is 814. The van der Waals surface area contributed by atoms with Gasteiger partial charge in [-0.3, -0.25) is 9.59 Å². The molecule has 0 bridgehead atoms. The van der Waals surface area contributed by atoms with Crippen LogP contribution in [0.4, 0.5) is 4.39 Å². The van der Waals surface area contributed by atoms with Crippen molar-refractivity contribution in [2.24, 2.45) is 0 Å². The van der Waals surface area contributed by atoms with Gasteiger partial charge < -0.3 is 10.2 Å². The lowest BCUT2D eigenvalue weighted by molar-refractivity contribution is -0.140. The highest BCUT2D eigenvalue weighted by Gasteiger charge is 2.29. The fraction of sp³-hybridized carbons (Fsp3) is 0.364. The van der Waals surface area contributed by atoms with Crippen molar-refractivity contribution >= 4 is 23.4 Å². The van der Waals surface area contributed by atoms with Crippen molar-refractivity contribution in [2.75, 3.05) is 0 Å². The van der Waals surface area contributed by atoms with E-state index in [1.165, 1.54) is 17.0 Å². The maximum atomic E-state index is 14.1. The van der Waals surface area contributed by atoms with E-state index in [-0.39, 0.29) is 35.4 Å². The fourth-order valence-corrected chi connectivity index (χ4v) is 3.02. The third-order valence-electron chi connectivity index (χ3n) is 4.25. The van der Waals surface area contributed by atoms with Crippen LogP contribution in [0.5, 0.6) is 0 Å². The van der Waals surface area contributed by atoms with E-state index in [2.05, 4.69) is 5.32 Å². The maximum absolute atomic E-state index is 14.1. The largest absolute Gasteiger partial charge is 0.350 e. The number of hydrogen-bond acceptors (Lipinski definition) is 2. The SMILES string of the molecule is CC(C(=O)NC(C)(C)C)N(Cc1ccccc1)C(=O)Cc1c(F)cccc1Cl. The number of hydrogen-bond donors (Lipinski definition) is 1. The third kappa shape index (κ3) is 6.06. The number of benzene rings is 2. The molecule has 28 heavy (non-hydrogen) atoms. The predicted molar refractivity (Wildman–Crippen MR) is 109 cm³/mol. The fourth-order valence-electron chi connectivity index (χ4n) is 2.79. The Kier molecular flexibility index (Phi) is 7.19. The normalized spacial score (nSPS) is 12.4. The summed E-state index contributed by atoms with van der Waals surface area (Å²) in [6.45, 7) is 7.54. The van der Waals surface area contributed by atoms with Crippen LogP contribution in [0.25, 0.3) is 0 Å². The highest BCUT2D eigenvalue weighted by atomic mass is 35.5. The molecule has 0 spiro atoms. The maximum Gasteiger partial charge on any atom is 0.242 e. The number of amides is 2. The van der Waals surface area contributed by atoms with Crippen LogP contribution in [0, 0.1) is 5.82 Å². The van der Waals surface area contributed by atoms with Gasteiger partial charge in [-0.25, -0.2) is 4.39 Å². The molecule has 4 nitrogen and oxygen atoms in total.